The highest BCUT2D eigenvalue weighted by Crippen LogP contribution is 2.35. The van der Waals surface area contributed by atoms with Gasteiger partial charge in [-0.1, -0.05) is 13.8 Å². The van der Waals surface area contributed by atoms with Crippen molar-refractivity contribution in [2.45, 2.75) is 36.1 Å². The van der Waals surface area contributed by atoms with E-state index in [2.05, 4.69) is 38.6 Å². The van der Waals surface area contributed by atoms with Crippen LogP contribution >= 0.6 is 23.3 Å². The molecule has 96 valence electrons. The fraction of sp³-hybridized carbons (Fsp3) is 0.400. The molecule has 0 radical (unpaired) electrons. The monoisotopic (exact) mass is 282 g/mol. The van der Waals surface area contributed by atoms with Crippen LogP contribution in [0.25, 0.3) is 0 Å². The summed E-state index contributed by atoms with van der Waals surface area (Å²) in [6.07, 6.45) is 1.50. The molecule has 0 saturated carbocycles. The summed E-state index contributed by atoms with van der Waals surface area (Å²) in [4.78, 5) is 12.8. The van der Waals surface area contributed by atoms with E-state index in [1.807, 2.05) is 6.92 Å². The summed E-state index contributed by atoms with van der Waals surface area (Å²) in [7, 11) is 0. The van der Waals surface area contributed by atoms with Crippen molar-refractivity contribution in [1.82, 2.24) is 19.3 Å². The fourth-order valence-corrected chi connectivity index (χ4v) is 3.31. The van der Waals surface area contributed by atoms with E-state index in [-0.39, 0.29) is 5.92 Å². The zero-order valence-electron chi connectivity index (χ0n) is 10.3. The molecule has 0 fully saturated rings. The molecule has 2 aromatic rings. The van der Waals surface area contributed by atoms with Gasteiger partial charge in [0.2, 0.25) is 0 Å². The normalized spacial score (nSPS) is 10.9. The van der Waals surface area contributed by atoms with Crippen molar-refractivity contribution in [3.05, 3.63) is 17.7 Å². The van der Waals surface area contributed by atoms with Gasteiger partial charge in [-0.15, -0.1) is 0 Å². The predicted molar refractivity (Wildman–Crippen MR) is 72.7 cm³/mol. The van der Waals surface area contributed by atoms with Gasteiger partial charge in [-0.05, 0) is 36.1 Å². The van der Waals surface area contributed by atoms with Crippen molar-refractivity contribution in [1.29, 1.82) is 0 Å². The minimum atomic E-state index is 0.272. The van der Waals surface area contributed by atoms with Gasteiger partial charge in [0.25, 0.3) is 0 Å². The number of nitrogens with two attached hydrogens (primary N) is 1. The molecule has 0 amide bonds. The Labute approximate surface area is 114 Å². The van der Waals surface area contributed by atoms with Gasteiger partial charge in [0.15, 0.2) is 4.34 Å². The molecule has 0 unspecified atom stereocenters. The zero-order chi connectivity index (χ0) is 13.1. The average molecular weight is 282 g/mol. The van der Waals surface area contributed by atoms with E-state index >= 15 is 0 Å². The van der Waals surface area contributed by atoms with Crippen LogP contribution in [-0.2, 0) is 0 Å². The number of aromatic nitrogens is 4. The minimum Gasteiger partial charge on any atom is -0.308 e. The number of anilines is 1. The van der Waals surface area contributed by atoms with Gasteiger partial charge in [0.1, 0.15) is 23.0 Å². The van der Waals surface area contributed by atoms with Crippen molar-refractivity contribution in [2.75, 3.05) is 5.43 Å². The lowest BCUT2D eigenvalue weighted by Crippen LogP contribution is -2.13. The molecule has 18 heavy (non-hydrogen) atoms. The third-order valence-electron chi connectivity index (χ3n) is 2.25. The SMILES string of the molecule is Cc1nsc(Sc2ncnc(NN)c2C(C)C)n1. The topological polar surface area (TPSA) is 89.6 Å². The van der Waals surface area contributed by atoms with Crippen LogP contribution in [0.5, 0.6) is 0 Å². The number of aryl methyl sites for hydroxylation is 1. The van der Waals surface area contributed by atoms with Gasteiger partial charge in [0.05, 0.1) is 0 Å². The number of nitrogens with one attached hydrogen (secondary N) is 1. The first kappa shape index (κ1) is 13.2. The van der Waals surface area contributed by atoms with Crippen LogP contribution in [-0.4, -0.2) is 19.3 Å². The molecule has 2 rings (SSSR count). The minimum absolute atomic E-state index is 0.272. The van der Waals surface area contributed by atoms with Gasteiger partial charge < -0.3 is 5.43 Å². The lowest BCUT2D eigenvalue weighted by molar-refractivity contribution is 0.804. The average Bonchev–Trinajstić information content (AvgIpc) is 2.74. The fourth-order valence-electron chi connectivity index (χ4n) is 1.50. The number of rotatable bonds is 4. The summed E-state index contributed by atoms with van der Waals surface area (Å²) < 4.78 is 5.03. The molecule has 0 atom stereocenters. The standard InChI is InChI=1S/C10H14N6S2/c1-5(2)7-8(15-11)12-4-13-9(7)17-10-14-6(3)16-18-10/h4-5H,11H2,1-3H3,(H,12,13,15). The molecule has 0 bridgehead atoms. The number of nitrogen functional groups attached to an aromatic ring is 1. The summed E-state index contributed by atoms with van der Waals surface area (Å²) in [5.41, 5.74) is 3.61. The van der Waals surface area contributed by atoms with Crippen LogP contribution in [0.1, 0.15) is 31.2 Å². The predicted octanol–water partition coefficient (Wildman–Crippen LogP) is 2.20. The number of hydrazine groups is 1. The van der Waals surface area contributed by atoms with Gasteiger partial charge in [-0.2, -0.15) is 4.37 Å². The molecule has 6 nitrogen and oxygen atoms in total. The molecule has 0 saturated heterocycles. The first-order valence-corrected chi connectivity index (χ1v) is 7.00. The second kappa shape index (κ2) is 5.59. The summed E-state index contributed by atoms with van der Waals surface area (Å²) in [6, 6.07) is 0. The molecule has 8 heteroatoms. The molecule has 2 heterocycles. The molecular weight excluding hydrogens is 268 g/mol. The second-order valence-corrected chi connectivity index (χ2v) is 5.94. The molecule has 2 aromatic heterocycles. The Balaban J connectivity index is 2.37. The lowest BCUT2D eigenvalue weighted by atomic mass is 10.1. The smallest absolute Gasteiger partial charge is 0.176 e. The van der Waals surface area contributed by atoms with Gasteiger partial charge in [0, 0.05) is 5.56 Å². The van der Waals surface area contributed by atoms with E-state index in [9.17, 15) is 0 Å². The Kier molecular flexibility index (Phi) is 4.10. The molecule has 0 aromatic carbocycles. The Hall–Kier alpha value is -1.25. The first-order valence-electron chi connectivity index (χ1n) is 5.41. The van der Waals surface area contributed by atoms with E-state index < -0.39 is 0 Å². The van der Waals surface area contributed by atoms with Gasteiger partial charge in [-0.3, -0.25) is 0 Å². The van der Waals surface area contributed by atoms with Crippen molar-refractivity contribution in [2.24, 2.45) is 5.84 Å². The maximum Gasteiger partial charge on any atom is 0.176 e. The summed E-state index contributed by atoms with van der Waals surface area (Å²) in [6.45, 7) is 6.03. The summed E-state index contributed by atoms with van der Waals surface area (Å²) in [5.74, 6) is 7.19. The molecule has 0 aliphatic rings. The number of nitrogens with zero attached hydrogens (tertiary/aromatic N) is 4. The highest BCUT2D eigenvalue weighted by Gasteiger charge is 2.16. The number of hydrogen-bond donors (Lipinski definition) is 2. The summed E-state index contributed by atoms with van der Waals surface area (Å²) >= 11 is 2.86. The highest BCUT2D eigenvalue weighted by atomic mass is 32.2. The third-order valence-corrected chi connectivity index (χ3v) is 4.12. The second-order valence-electron chi connectivity index (χ2n) is 3.95. The summed E-state index contributed by atoms with van der Waals surface area (Å²) in [5, 5.41) is 0.865. The van der Waals surface area contributed by atoms with Crippen LogP contribution in [0.15, 0.2) is 15.7 Å². The van der Waals surface area contributed by atoms with E-state index in [1.165, 1.54) is 29.6 Å². The molecule has 3 N–H and O–H groups in total. The quantitative estimate of drug-likeness (QED) is 0.504. The largest absolute Gasteiger partial charge is 0.308 e. The van der Waals surface area contributed by atoms with Crippen molar-refractivity contribution in [3.63, 3.8) is 0 Å². The Bertz CT molecular complexity index is 539. The van der Waals surface area contributed by atoms with E-state index in [0.717, 1.165) is 20.8 Å². The van der Waals surface area contributed by atoms with Gasteiger partial charge in [-0.25, -0.2) is 20.8 Å². The van der Waals surface area contributed by atoms with Crippen LogP contribution in [0.3, 0.4) is 0 Å². The maximum atomic E-state index is 5.48. The third kappa shape index (κ3) is 2.77. The first-order chi connectivity index (χ1) is 8.61. The van der Waals surface area contributed by atoms with Gasteiger partial charge >= 0.3 is 0 Å². The van der Waals surface area contributed by atoms with Crippen LogP contribution in [0.4, 0.5) is 5.82 Å². The Morgan fingerprint density at radius 2 is 2.17 bits per heavy atom. The number of hydrogen-bond acceptors (Lipinski definition) is 8. The van der Waals surface area contributed by atoms with Crippen molar-refractivity contribution < 1.29 is 0 Å². The zero-order valence-corrected chi connectivity index (χ0v) is 12.0. The van der Waals surface area contributed by atoms with E-state index in [0.29, 0.717) is 5.82 Å². The Morgan fingerprint density at radius 1 is 1.39 bits per heavy atom. The van der Waals surface area contributed by atoms with E-state index in [1.54, 1.807) is 0 Å². The molecule has 0 spiro atoms. The molecular formula is C10H14N6S2. The maximum absolute atomic E-state index is 5.48. The lowest BCUT2D eigenvalue weighted by Gasteiger charge is -2.13. The Morgan fingerprint density at radius 3 is 2.72 bits per heavy atom. The van der Waals surface area contributed by atoms with Crippen LogP contribution < -0.4 is 11.3 Å². The molecule has 0 aliphatic carbocycles. The van der Waals surface area contributed by atoms with Crippen LogP contribution in [0, 0.1) is 6.92 Å². The van der Waals surface area contributed by atoms with Crippen molar-refractivity contribution >= 4 is 29.1 Å². The van der Waals surface area contributed by atoms with E-state index in [4.69, 9.17) is 5.84 Å². The van der Waals surface area contributed by atoms with Crippen LogP contribution in [0.2, 0.25) is 0 Å². The highest BCUT2D eigenvalue weighted by molar-refractivity contribution is 8.00. The molecule has 0 aliphatic heterocycles. The van der Waals surface area contributed by atoms with Crippen molar-refractivity contribution in [3.8, 4) is 0 Å².